The standard InChI is InChI=1S/C21H24N4O6S/c1-3-4-9-19(26)23-15-11-10-14(12-18(15)30-2)22-21(32)24-20(27)13-31-17-8-6-5-7-16(17)25(28)29/h5-8,10-12H,3-4,9,13H2,1-2H3,(H,23,26)(H2,22,24,27,32). The van der Waals surface area contributed by atoms with Crippen molar-refractivity contribution in [3.05, 3.63) is 52.6 Å². The lowest BCUT2D eigenvalue weighted by Gasteiger charge is -2.14. The molecule has 170 valence electrons. The number of rotatable bonds is 10. The smallest absolute Gasteiger partial charge is 0.310 e. The number of nitrogens with zero attached hydrogens (tertiary/aromatic N) is 1. The minimum absolute atomic E-state index is 0.00273. The number of carbonyl (C=O) groups is 2. The normalized spacial score (nSPS) is 10.1. The fourth-order valence-corrected chi connectivity index (χ4v) is 2.85. The quantitative estimate of drug-likeness (QED) is 0.278. The summed E-state index contributed by atoms with van der Waals surface area (Å²) in [5, 5.41) is 19.1. The Morgan fingerprint density at radius 1 is 1.09 bits per heavy atom. The first-order chi connectivity index (χ1) is 15.3. The number of thiocarbonyl (C=S) groups is 1. The van der Waals surface area contributed by atoms with E-state index in [4.69, 9.17) is 21.7 Å². The minimum Gasteiger partial charge on any atom is -0.494 e. The molecular formula is C21H24N4O6S. The fourth-order valence-electron chi connectivity index (χ4n) is 2.62. The molecule has 0 atom stereocenters. The van der Waals surface area contributed by atoms with E-state index in [0.717, 1.165) is 12.8 Å². The molecule has 11 heteroatoms. The van der Waals surface area contributed by atoms with Gasteiger partial charge >= 0.3 is 5.69 Å². The number of hydrogen-bond acceptors (Lipinski definition) is 7. The number of nitro benzene ring substituents is 1. The van der Waals surface area contributed by atoms with Gasteiger partial charge in [0.1, 0.15) is 5.75 Å². The molecule has 3 N–H and O–H groups in total. The Morgan fingerprint density at radius 3 is 2.53 bits per heavy atom. The first-order valence-electron chi connectivity index (χ1n) is 9.79. The molecule has 0 aliphatic heterocycles. The average molecular weight is 461 g/mol. The van der Waals surface area contributed by atoms with Gasteiger partial charge in [0.25, 0.3) is 5.91 Å². The Hall–Kier alpha value is -3.73. The summed E-state index contributed by atoms with van der Waals surface area (Å²) in [4.78, 5) is 34.4. The largest absolute Gasteiger partial charge is 0.494 e. The van der Waals surface area contributed by atoms with Crippen LogP contribution >= 0.6 is 12.2 Å². The molecular weight excluding hydrogens is 436 g/mol. The summed E-state index contributed by atoms with van der Waals surface area (Å²) in [6, 6.07) is 10.7. The molecule has 2 aromatic rings. The van der Waals surface area contributed by atoms with Crippen molar-refractivity contribution in [3.8, 4) is 11.5 Å². The van der Waals surface area contributed by atoms with Gasteiger partial charge in [0.05, 0.1) is 17.7 Å². The van der Waals surface area contributed by atoms with E-state index in [9.17, 15) is 19.7 Å². The number of para-hydroxylation sites is 2. The predicted molar refractivity (Wildman–Crippen MR) is 124 cm³/mol. The van der Waals surface area contributed by atoms with Crippen LogP contribution in [0.5, 0.6) is 11.5 Å². The number of ether oxygens (including phenoxy) is 2. The van der Waals surface area contributed by atoms with Crippen LogP contribution in [0.3, 0.4) is 0 Å². The third-order valence-electron chi connectivity index (χ3n) is 4.16. The molecule has 0 saturated carbocycles. The predicted octanol–water partition coefficient (Wildman–Crippen LogP) is 3.62. The Balaban J connectivity index is 1.91. The number of amides is 2. The highest BCUT2D eigenvalue weighted by atomic mass is 32.1. The van der Waals surface area contributed by atoms with E-state index < -0.39 is 17.4 Å². The molecule has 10 nitrogen and oxygen atoms in total. The summed E-state index contributed by atoms with van der Waals surface area (Å²) in [6.07, 6.45) is 2.14. The number of carbonyl (C=O) groups excluding carboxylic acids is 2. The van der Waals surface area contributed by atoms with Crippen LogP contribution in [0, 0.1) is 10.1 Å². The van der Waals surface area contributed by atoms with Crippen molar-refractivity contribution in [2.75, 3.05) is 24.4 Å². The summed E-state index contributed by atoms with van der Waals surface area (Å²) >= 11 is 5.12. The maximum absolute atomic E-state index is 12.1. The number of nitro groups is 1. The Kier molecular flexibility index (Phi) is 9.36. The molecule has 0 radical (unpaired) electrons. The van der Waals surface area contributed by atoms with Crippen molar-refractivity contribution >= 4 is 46.2 Å². The van der Waals surface area contributed by atoms with Gasteiger partial charge in [0, 0.05) is 24.2 Å². The molecule has 0 aromatic heterocycles. The van der Waals surface area contributed by atoms with Gasteiger partial charge in [0.15, 0.2) is 17.5 Å². The second-order valence-electron chi connectivity index (χ2n) is 6.58. The lowest BCUT2D eigenvalue weighted by molar-refractivity contribution is -0.385. The maximum Gasteiger partial charge on any atom is 0.310 e. The molecule has 2 aromatic carbocycles. The van der Waals surface area contributed by atoms with Gasteiger partial charge < -0.3 is 20.1 Å². The number of unbranched alkanes of at least 4 members (excludes halogenated alkanes) is 1. The van der Waals surface area contributed by atoms with Gasteiger partial charge in [-0.15, -0.1) is 0 Å². The SMILES string of the molecule is CCCCC(=O)Nc1ccc(NC(=S)NC(=O)COc2ccccc2[N+](=O)[O-])cc1OC. The van der Waals surface area contributed by atoms with Crippen LogP contribution < -0.4 is 25.4 Å². The van der Waals surface area contributed by atoms with Crippen molar-refractivity contribution in [1.82, 2.24) is 5.32 Å². The first kappa shape index (κ1) is 24.5. The summed E-state index contributed by atoms with van der Waals surface area (Å²) in [7, 11) is 1.47. The average Bonchev–Trinajstić information content (AvgIpc) is 2.77. The molecule has 0 aliphatic rings. The van der Waals surface area contributed by atoms with E-state index in [1.54, 1.807) is 24.3 Å². The van der Waals surface area contributed by atoms with E-state index in [-0.39, 0.29) is 22.5 Å². The van der Waals surface area contributed by atoms with Crippen molar-refractivity contribution < 1.29 is 24.0 Å². The highest BCUT2D eigenvalue weighted by molar-refractivity contribution is 7.80. The number of methoxy groups -OCH3 is 1. The summed E-state index contributed by atoms with van der Waals surface area (Å²) < 4.78 is 10.5. The van der Waals surface area contributed by atoms with Crippen LogP contribution in [-0.4, -0.2) is 35.6 Å². The van der Waals surface area contributed by atoms with Crippen LogP contribution in [0.15, 0.2) is 42.5 Å². The van der Waals surface area contributed by atoms with Gasteiger partial charge in [-0.1, -0.05) is 25.5 Å². The lowest BCUT2D eigenvalue weighted by Crippen LogP contribution is -2.37. The Labute approximate surface area is 190 Å². The molecule has 0 heterocycles. The molecule has 0 fully saturated rings. The van der Waals surface area contributed by atoms with Gasteiger partial charge in [0.2, 0.25) is 5.91 Å². The van der Waals surface area contributed by atoms with Crippen LogP contribution in [0.25, 0.3) is 0 Å². The van der Waals surface area contributed by atoms with Crippen LogP contribution in [0.2, 0.25) is 0 Å². The first-order valence-corrected chi connectivity index (χ1v) is 10.2. The summed E-state index contributed by atoms with van der Waals surface area (Å²) in [5.74, 6) is -0.291. The molecule has 32 heavy (non-hydrogen) atoms. The summed E-state index contributed by atoms with van der Waals surface area (Å²) in [6.45, 7) is 1.55. The van der Waals surface area contributed by atoms with Gasteiger partial charge in [-0.3, -0.25) is 25.0 Å². The van der Waals surface area contributed by atoms with Crippen LogP contribution in [0.4, 0.5) is 17.1 Å². The number of benzene rings is 2. The topological polar surface area (TPSA) is 132 Å². The maximum atomic E-state index is 12.1. The van der Waals surface area contributed by atoms with Crippen molar-refractivity contribution in [3.63, 3.8) is 0 Å². The fraction of sp³-hybridized carbons (Fsp3) is 0.286. The number of anilines is 2. The third-order valence-corrected chi connectivity index (χ3v) is 4.37. The summed E-state index contributed by atoms with van der Waals surface area (Å²) in [5.41, 5.74) is 0.806. The van der Waals surface area contributed by atoms with Crippen LogP contribution in [-0.2, 0) is 9.59 Å². The van der Waals surface area contributed by atoms with Gasteiger partial charge in [-0.05, 0) is 36.8 Å². The number of nitrogens with one attached hydrogen (secondary N) is 3. The lowest BCUT2D eigenvalue weighted by atomic mass is 10.2. The second-order valence-corrected chi connectivity index (χ2v) is 6.99. The molecule has 2 amide bonds. The zero-order valence-electron chi connectivity index (χ0n) is 17.7. The van der Waals surface area contributed by atoms with E-state index in [1.165, 1.54) is 25.3 Å². The van der Waals surface area contributed by atoms with Crippen molar-refractivity contribution in [2.45, 2.75) is 26.2 Å². The zero-order valence-corrected chi connectivity index (χ0v) is 18.5. The van der Waals surface area contributed by atoms with Gasteiger partial charge in [-0.25, -0.2) is 0 Å². The minimum atomic E-state index is -0.595. The molecule has 0 spiro atoms. The van der Waals surface area contributed by atoms with E-state index in [1.807, 2.05) is 6.92 Å². The van der Waals surface area contributed by atoms with Crippen molar-refractivity contribution in [2.24, 2.45) is 0 Å². The van der Waals surface area contributed by atoms with E-state index >= 15 is 0 Å². The molecule has 0 unspecified atom stereocenters. The zero-order chi connectivity index (χ0) is 23.5. The van der Waals surface area contributed by atoms with Gasteiger partial charge in [-0.2, -0.15) is 0 Å². The van der Waals surface area contributed by atoms with Crippen molar-refractivity contribution in [1.29, 1.82) is 0 Å². The Bertz CT molecular complexity index is 998. The molecule has 0 bridgehead atoms. The highest BCUT2D eigenvalue weighted by Crippen LogP contribution is 2.28. The molecule has 0 aliphatic carbocycles. The van der Waals surface area contributed by atoms with E-state index in [2.05, 4.69) is 16.0 Å². The number of hydrogen-bond donors (Lipinski definition) is 3. The Morgan fingerprint density at radius 2 is 1.84 bits per heavy atom. The second kappa shape index (κ2) is 12.2. The van der Waals surface area contributed by atoms with E-state index in [0.29, 0.717) is 23.5 Å². The molecule has 0 saturated heterocycles. The monoisotopic (exact) mass is 460 g/mol. The molecule has 2 rings (SSSR count). The van der Waals surface area contributed by atoms with Crippen LogP contribution in [0.1, 0.15) is 26.2 Å². The highest BCUT2D eigenvalue weighted by Gasteiger charge is 2.15. The third kappa shape index (κ3) is 7.51.